The van der Waals surface area contributed by atoms with Gasteiger partial charge in [0.15, 0.2) is 0 Å². The number of hydrogen-bond acceptors (Lipinski definition) is 6. The van der Waals surface area contributed by atoms with Crippen molar-refractivity contribution in [3.63, 3.8) is 0 Å². The molecule has 0 saturated carbocycles. The number of nitrogens with zero attached hydrogens (tertiary/aromatic N) is 2. The van der Waals surface area contributed by atoms with Gasteiger partial charge in [0.1, 0.15) is 25.1 Å². The lowest BCUT2D eigenvalue weighted by atomic mass is 10.1. The fourth-order valence-corrected chi connectivity index (χ4v) is 3.89. The average Bonchev–Trinajstić information content (AvgIpc) is 3.47. The second-order valence-electron chi connectivity index (χ2n) is 8.87. The zero-order valence-electron chi connectivity index (χ0n) is 21.9. The van der Waals surface area contributed by atoms with Gasteiger partial charge in [-0.2, -0.15) is 0 Å². The standard InChI is InChI=1S/C30H29FN4O5/c1-2-25-16-32-20-35(25)26-14-23(13-24(31)15-26)28(36)33-17-27(29(37)39-18-21-9-5-3-6-10-21)34-30(38)40-19-22-11-7-4-8-12-22/h3-16,20,27H,2,17-19H2,1H3,(H,33,36)(H,34,38)/t27-/m1/s1. The summed E-state index contributed by atoms with van der Waals surface area (Å²) in [5.41, 5.74) is 2.83. The minimum Gasteiger partial charge on any atom is -0.459 e. The van der Waals surface area contributed by atoms with E-state index < -0.39 is 29.8 Å². The Bertz CT molecular complexity index is 1440. The highest BCUT2D eigenvalue weighted by Gasteiger charge is 2.25. The lowest BCUT2D eigenvalue weighted by molar-refractivity contribution is -0.147. The second kappa shape index (κ2) is 13.7. The highest BCUT2D eigenvalue weighted by Crippen LogP contribution is 2.16. The second-order valence-corrected chi connectivity index (χ2v) is 8.87. The molecule has 10 heteroatoms. The summed E-state index contributed by atoms with van der Waals surface area (Å²) in [4.78, 5) is 42.5. The molecule has 0 spiro atoms. The van der Waals surface area contributed by atoms with E-state index in [-0.39, 0.29) is 25.3 Å². The Morgan fingerprint density at radius 2 is 1.57 bits per heavy atom. The van der Waals surface area contributed by atoms with Crippen molar-refractivity contribution < 1.29 is 28.2 Å². The van der Waals surface area contributed by atoms with Crippen molar-refractivity contribution in [2.45, 2.75) is 32.6 Å². The maximum absolute atomic E-state index is 14.4. The van der Waals surface area contributed by atoms with Crippen LogP contribution in [0.4, 0.5) is 9.18 Å². The summed E-state index contributed by atoms with van der Waals surface area (Å²) in [7, 11) is 0. The Labute approximate surface area is 231 Å². The number of aryl methyl sites for hydroxylation is 1. The summed E-state index contributed by atoms with van der Waals surface area (Å²) in [5, 5.41) is 5.04. The van der Waals surface area contributed by atoms with Crippen molar-refractivity contribution >= 4 is 18.0 Å². The lowest BCUT2D eigenvalue weighted by Gasteiger charge is -2.18. The van der Waals surface area contributed by atoms with Crippen LogP contribution < -0.4 is 10.6 Å². The molecule has 0 aliphatic heterocycles. The van der Waals surface area contributed by atoms with Crippen LogP contribution in [0.1, 0.15) is 34.1 Å². The van der Waals surface area contributed by atoms with Crippen LogP contribution in [0, 0.1) is 5.82 Å². The number of ether oxygens (including phenoxy) is 2. The number of halogens is 1. The minimum atomic E-state index is -1.26. The first-order chi connectivity index (χ1) is 19.4. The van der Waals surface area contributed by atoms with Gasteiger partial charge in [0.25, 0.3) is 5.91 Å². The number of alkyl carbamates (subject to hydrolysis) is 1. The molecule has 9 nitrogen and oxygen atoms in total. The molecule has 206 valence electrons. The maximum Gasteiger partial charge on any atom is 0.408 e. The molecule has 0 fully saturated rings. The zero-order chi connectivity index (χ0) is 28.3. The van der Waals surface area contributed by atoms with E-state index in [9.17, 15) is 18.8 Å². The molecule has 1 aromatic heterocycles. The van der Waals surface area contributed by atoms with Gasteiger partial charge >= 0.3 is 12.1 Å². The summed E-state index contributed by atoms with van der Waals surface area (Å²) in [6.07, 6.45) is 3.01. The van der Waals surface area contributed by atoms with Gasteiger partial charge in [0, 0.05) is 24.0 Å². The van der Waals surface area contributed by atoms with Crippen LogP contribution in [-0.2, 0) is 33.9 Å². The van der Waals surface area contributed by atoms with Crippen molar-refractivity contribution in [2.24, 2.45) is 0 Å². The van der Waals surface area contributed by atoms with Gasteiger partial charge in [-0.25, -0.2) is 19.0 Å². The van der Waals surface area contributed by atoms with Crippen molar-refractivity contribution in [3.05, 3.63) is 120 Å². The topological polar surface area (TPSA) is 112 Å². The quantitative estimate of drug-likeness (QED) is 0.272. The van der Waals surface area contributed by atoms with E-state index >= 15 is 0 Å². The predicted molar refractivity (Wildman–Crippen MR) is 145 cm³/mol. The van der Waals surface area contributed by atoms with E-state index in [1.54, 1.807) is 53.5 Å². The Morgan fingerprint density at radius 1 is 0.925 bits per heavy atom. The first kappa shape index (κ1) is 28.0. The normalized spacial score (nSPS) is 11.3. The Balaban J connectivity index is 1.43. The van der Waals surface area contributed by atoms with Gasteiger partial charge in [0.05, 0.1) is 12.0 Å². The molecule has 0 unspecified atom stereocenters. The van der Waals surface area contributed by atoms with Crippen LogP contribution in [0.25, 0.3) is 5.69 Å². The van der Waals surface area contributed by atoms with E-state index in [2.05, 4.69) is 15.6 Å². The molecule has 3 aromatic carbocycles. The molecule has 1 atom stereocenters. The number of carbonyl (C=O) groups excluding carboxylic acids is 3. The van der Waals surface area contributed by atoms with Gasteiger partial charge in [-0.3, -0.25) is 4.79 Å². The molecule has 4 rings (SSSR count). The summed E-state index contributed by atoms with van der Waals surface area (Å²) in [6, 6.07) is 20.7. The Kier molecular flexibility index (Phi) is 9.60. The van der Waals surface area contributed by atoms with Crippen molar-refractivity contribution in [1.29, 1.82) is 0 Å². The number of esters is 1. The van der Waals surface area contributed by atoms with Crippen LogP contribution >= 0.6 is 0 Å². The van der Waals surface area contributed by atoms with Gasteiger partial charge in [-0.1, -0.05) is 67.6 Å². The third-order valence-corrected chi connectivity index (χ3v) is 5.98. The number of imidazole rings is 1. The average molecular weight is 545 g/mol. The molecule has 0 bridgehead atoms. The fourth-order valence-electron chi connectivity index (χ4n) is 3.89. The van der Waals surface area contributed by atoms with Gasteiger partial charge in [-0.05, 0) is 35.7 Å². The Hall–Kier alpha value is -4.99. The van der Waals surface area contributed by atoms with Crippen molar-refractivity contribution in [3.8, 4) is 5.69 Å². The minimum absolute atomic E-state index is 0.00905. The van der Waals surface area contributed by atoms with E-state index in [0.717, 1.165) is 22.9 Å². The summed E-state index contributed by atoms with van der Waals surface area (Å²) >= 11 is 0. The highest BCUT2D eigenvalue weighted by atomic mass is 19.1. The predicted octanol–water partition coefficient (Wildman–Crippen LogP) is 4.34. The molecule has 1 heterocycles. The first-order valence-electron chi connectivity index (χ1n) is 12.7. The van der Waals surface area contributed by atoms with Crippen LogP contribution in [-0.4, -0.2) is 40.1 Å². The number of benzene rings is 3. The van der Waals surface area contributed by atoms with E-state index in [0.29, 0.717) is 12.1 Å². The zero-order valence-corrected chi connectivity index (χ0v) is 21.9. The maximum atomic E-state index is 14.4. The summed E-state index contributed by atoms with van der Waals surface area (Å²) in [6.45, 7) is 1.59. The van der Waals surface area contributed by atoms with Crippen LogP contribution in [0.3, 0.4) is 0 Å². The number of hydrogen-bond donors (Lipinski definition) is 2. The molecular weight excluding hydrogens is 515 g/mol. The van der Waals surface area contributed by atoms with Crippen molar-refractivity contribution in [2.75, 3.05) is 6.54 Å². The van der Waals surface area contributed by atoms with Crippen molar-refractivity contribution in [1.82, 2.24) is 20.2 Å². The lowest BCUT2D eigenvalue weighted by Crippen LogP contribution is -2.49. The van der Waals surface area contributed by atoms with Crippen LogP contribution in [0.15, 0.2) is 91.4 Å². The third kappa shape index (κ3) is 7.76. The largest absolute Gasteiger partial charge is 0.459 e. The number of aromatic nitrogens is 2. The first-order valence-corrected chi connectivity index (χ1v) is 12.7. The fraction of sp³-hybridized carbons (Fsp3) is 0.200. The number of nitrogens with one attached hydrogen (secondary N) is 2. The number of carbonyl (C=O) groups is 3. The molecule has 0 aliphatic rings. The molecule has 40 heavy (non-hydrogen) atoms. The van der Waals surface area contributed by atoms with Gasteiger partial charge < -0.3 is 24.7 Å². The third-order valence-electron chi connectivity index (χ3n) is 5.98. The highest BCUT2D eigenvalue weighted by molar-refractivity contribution is 5.95. The van der Waals surface area contributed by atoms with Gasteiger partial charge in [-0.15, -0.1) is 0 Å². The molecule has 0 saturated heterocycles. The monoisotopic (exact) mass is 544 g/mol. The molecule has 4 aromatic rings. The smallest absolute Gasteiger partial charge is 0.408 e. The van der Waals surface area contributed by atoms with Crippen LogP contribution in [0.5, 0.6) is 0 Å². The number of rotatable bonds is 11. The summed E-state index contributed by atoms with van der Waals surface area (Å²) in [5.74, 6) is -2.02. The van der Waals surface area contributed by atoms with Crippen LogP contribution in [0.2, 0.25) is 0 Å². The molecule has 2 N–H and O–H groups in total. The van der Waals surface area contributed by atoms with E-state index in [1.165, 1.54) is 12.1 Å². The molecule has 0 aliphatic carbocycles. The van der Waals surface area contributed by atoms with E-state index in [1.807, 2.05) is 31.2 Å². The molecule has 0 radical (unpaired) electrons. The Morgan fingerprint density at radius 3 is 2.23 bits per heavy atom. The molecular formula is C30H29FN4O5. The number of amides is 2. The SMILES string of the molecule is CCc1cncn1-c1cc(F)cc(C(=O)NC[C@@H](NC(=O)OCc2ccccc2)C(=O)OCc2ccccc2)c1. The molecule has 2 amide bonds. The van der Waals surface area contributed by atoms with E-state index in [4.69, 9.17) is 9.47 Å². The van der Waals surface area contributed by atoms with Gasteiger partial charge in [0.2, 0.25) is 0 Å². The summed E-state index contributed by atoms with van der Waals surface area (Å²) < 4.78 is 26.7.